The van der Waals surface area contributed by atoms with Crippen molar-refractivity contribution in [2.24, 2.45) is 0 Å². The lowest BCUT2D eigenvalue weighted by atomic mass is 9.97. The second-order valence-corrected chi connectivity index (χ2v) is 8.17. The summed E-state index contributed by atoms with van der Waals surface area (Å²) in [5, 5.41) is 14.0. The number of pyridine rings is 2. The Hall–Kier alpha value is -3.51. The Morgan fingerprint density at radius 1 is 1.00 bits per heavy atom. The van der Waals surface area contributed by atoms with Crippen molar-refractivity contribution >= 4 is 33.6 Å². The Morgan fingerprint density at radius 2 is 1.75 bits per heavy atom. The molecule has 4 rings (SSSR count). The maximum absolute atomic E-state index is 10.5. The number of nitrogens with two attached hydrogens (primary N) is 1. The number of anilines is 1. The van der Waals surface area contributed by atoms with Gasteiger partial charge in [-0.3, -0.25) is 9.78 Å². The van der Waals surface area contributed by atoms with Gasteiger partial charge in [-0.05, 0) is 67.1 Å². The van der Waals surface area contributed by atoms with Crippen molar-refractivity contribution in [2.75, 3.05) is 18.8 Å². The predicted molar refractivity (Wildman–Crippen MR) is 129 cm³/mol. The second-order valence-electron chi connectivity index (χ2n) is 8.17. The molecular formula is C26H28N4O2. The van der Waals surface area contributed by atoms with E-state index < -0.39 is 5.97 Å². The summed E-state index contributed by atoms with van der Waals surface area (Å²) in [6.45, 7) is 3.33. The molecular weight excluding hydrogens is 400 g/mol. The van der Waals surface area contributed by atoms with Gasteiger partial charge in [0.05, 0.1) is 11.9 Å². The molecule has 2 aromatic heterocycles. The van der Waals surface area contributed by atoms with Crippen molar-refractivity contribution in [1.29, 1.82) is 0 Å². The van der Waals surface area contributed by atoms with Gasteiger partial charge in [-0.15, -0.1) is 0 Å². The lowest BCUT2D eigenvalue weighted by Crippen LogP contribution is -2.20. The smallest absolute Gasteiger partial charge is 0.304 e. The zero-order valence-corrected chi connectivity index (χ0v) is 18.3. The topological polar surface area (TPSA) is 101 Å². The van der Waals surface area contributed by atoms with Crippen LogP contribution in [0.2, 0.25) is 0 Å². The number of hydrogen-bond acceptors (Lipinski definition) is 5. The number of aliphatic carboxylic acids is 1. The zero-order valence-electron chi connectivity index (χ0n) is 18.3. The molecule has 0 radical (unpaired) electrons. The molecule has 6 heteroatoms. The molecule has 0 unspecified atom stereocenters. The number of nitrogens with zero attached hydrogens (tertiary/aromatic N) is 2. The highest BCUT2D eigenvalue weighted by Crippen LogP contribution is 2.30. The molecule has 0 atom stereocenters. The molecule has 0 amide bonds. The van der Waals surface area contributed by atoms with E-state index in [2.05, 4.69) is 70.7 Å². The Balaban J connectivity index is 1.46. The SMILES string of the molecule is Cc1ccc2c(c1)nc(N)c1nccc(CCc3ccc(CCNCCC(=O)O)cc3)c12. The van der Waals surface area contributed by atoms with Crippen molar-refractivity contribution in [3.05, 3.63) is 77.0 Å². The van der Waals surface area contributed by atoms with Crippen LogP contribution in [0.25, 0.3) is 21.8 Å². The molecule has 6 nitrogen and oxygen atoms in total. The van der Waals surface area contributed by atoms with E-state index in [1.54, 1.807) is 0 Å². The third kappa shape index (κ3) is 5.03. The van der Waals surface area contributed by atoms with E-state index in [4.69, 9.17) is 10.8 Å². The summed E-state index contributed by atoms with van der Waals surface area (Å²) in [4.78, 5) is 19.6. The van der Waals surface area contributed by atoms with Gasteiger partial charge in [0.25, 0.3) is 0 Å². The van der Waals surface area contributed by atoms with Crippen LogP contribution in [-0.2, 0) is 24.1 Å². The van der Waals surface area contributed by atoms with Gasteiger partial charge < -0.3 is 16.2 Å². The Kier molecular flexibility index (Phi) is 6.61. The van der Waals surface area contributed by atoms with Gasteiger partial charge in [0.15, 0.2) is 5.82 Å². The lowest BCUT2D eigenvalue weighted by molar-refractivity contribution is -0.136. The number of hydrogen-bond donors (Lipinski definition) is 3. The van der Waals surface area contributed by atoms with E-state index in [0.717, 1.165) is 53.2 Å². The minimum Gasteiger partial charge on any atom is -0.481 e. The standard InChI is InChI=1S/C26H28N4O2/c1-17-2-9-21-22(16-17)30-26(27)25-24(21)20(11-15-29-25)8-7-18-3-5-19(6-4-18)10-13-28-14-12-23(31)32/h2-6,9,11,15-16,28H,7-8,10,12-14H2,1H3,(H2,27,30)(H,31,32). The van der Waals surface area contributed by atoms with Crippen LogP contribution in [0.3, 0.4) is 0 Å². The molecule has 2 heterocycles. The summed E-state index contributed by atoms with van der Waals surface area (Å²) < 4.78 is 0. The predicted octanol–water partition coefficient (Wildman–Crippen LogP) is 4.07. The molecule has 0 saturated carbocycles. The number of rotatable bonds is 9. The largest absolute Gasteiger partial charge is 0.481 e. The fraction of sp³-hybridized carbons (Fsp3) is 0.269. The van der Waals surface area contributed by atoms with Crippen molar-refractivity contribution in [3.8, 4) is 0 Å². The third-order valence-corrected chi connectivity index (χ3v) is 5.76. The van der Waals surface area contributed by atoms with Gasteiger partial charge >= 0.3 is 5.97 Å². The van der Waals surface area contributed by atoms with Gasteiger partial charge in [0.1, 0.15) is 5.52 Å². The molecule has 0 aliphatic heterocycles. The van der Waals surface area contributed by atoms with E-state index in [0.29, 0.717) is 12.4 Å². The maximum Gasteiger partial charge on any atom is 0.304 e. The number of fused-ring (bicyclic) bond motifs is 3. The van der Waals surface area contributed by atoms with Crippen molar-refractivity contribution in [2.45, 2.75) is 32.6 Å². The van der Waals surface area contributed by atoms with Gasteiger partial charge in [-0.1, -0.05) is 36.4 Å². The fourth-order valence-corrected chi connectivity index (χ4v) is 4.04. The van der Waals surface area contributed by atoms with E-state index in [9.17, 15) is 4.79 Å². The quantitative estimate of drug-likeness (QED) is 0.274. The van der Waals surface area contributed by atoms with Gasteiger partial charge in [0.2, 0.25) is 0 Å². The van der Waals surface area contributed by atoms with E-state index >= 15 is 0 Å². The summed E-state index contributed by atoms with van der Waals surface area (Å²) in [7, 11) is 0. The number of aromatic nitrogens is 2. The minimum atomic E-state index is -0.772. The first-order chi connectivity index (χ1) is 15.5. The normalized spacial score (nSPS) is 11.3. The van der Waals surface area contributed by atoms with E-state index in [-0.39, 0.29) is 6.42 Å². The minimum absolute atomic E-state index is 0.152. The average Bonchev–Trinajstić information content (AvgIpc) is 2.78. The number of carboxylic acids is 1. The average molecular weight is 429 g/mol. The number of carbonyl (C=O) groups is 1. The third-order valence-electron chi connectivity index (χ3n) is 5.76. The monoisotopic (exact) mass is 428 g/mol. The summed E-state index contributed by atoms with van der Waals surface area (Å²) in [5.41, 5.74) is 12.8. The van der Waals surface area contributed by atoms with E-state index in [1.165, 1.54) is 16.7 Å². The first-order valence-corrected chi connectivity index (χ1v) is 10.9. The molecule has 0 aliphatic rings. The van der Waals surface area contributed by atoms with Crippen LogP contribution in [-0.4, -0.2) is 34.1 Å². The molecule has 0 spiro atoms. The van der Waals surface area contributed by atoms with Crippen LogP contribution in [0.5, 0.6) is 0 Å². The summed E-state index contributed by atoms with van der Waals surface area (Å²) >= 11 is 0. The van der Waals surface area contributed by atoms with Crippen LogP contribution in [0, 0.1) is 6.92 Å². The molecule has 0 aliphatic carbocycles. The number of aryl methyl sites for hydroxylation is 3. The number of nitrogen functional groups attached to an aromatic ring is 1. The fourth-order valence-electron chi connectivity index (χ4n) is 4.04. The zero-order chi connectivity index (χ0) is 22.5. The maximum atomic E-state index is 10.5. The number of carboxylic acid groups (broad SMARTS) is 1. The van der Waals surface area contributed by atoms with E-state index in [1.807, 2.05) is 6.20 Å². The highest BCUT2D eigenvalue weighted by molar-refractivity contribution is 6.09. The Labute approximate surface area is 187 Å². The summed E-state index contributed by atoms with van der Waals surface area (Å²) in [6.07, 6.45) is 4.66. The summed E-state index contributed by atoms with van der Waals surface area (Å²) in [5.74, 6) is -0.299. The molecule has 0 saturated heterocycles. The van der Waals surface area contributed by atoms with Crippen molar-refractivity contribution in [1.82, 2.24) is 15.3 Å². The van der Waals surface area contributed by atoms with Gasteiger partial charge in [-0.25, -0.2) is 4.98 Å². The Morgan fingerprint density at radius 3 is 2.50 bits per heavy atom. The van der Waals surface area contributed by atoms with Crippen molar-refractivity contribution < 1.29 is 9.90 Å². The lowest BCUT2D eigenvalue weighted by Gasteiger charge is -2.11. The second kappa shape index (κ2) is 9.75. The van der Waals surface area contributed by atoms with Gasteiger partial charge in [0, 0.05) is 23.5 Å². The van der Waals surface area contributed by atoms with Crippen LogP contribution >= 0.6 is 0 Å². The molecule has 164 valence electrons. The van der Waals surface area contributed by atoms with Crippen LogP contribution in [0.1, 0.15) is 28.7 Å². The van der Waals surface area contributed by atoms with Gasteiger partial charge in [-0.2, -0.15) is 0 Å². The molecule has 2 aromatic carbocycles. The highest BCUT2D eigenvalue weighted by Gasteiger charge is 2.12. The highest BCUT2D eigenvalue weighted by atomic mass is 16.4. The molecule has 0 bridgehead atoms. The summed E-state index contributed by atoms with van der Waals surface area (Å²) in [6, 6.07) is 17.0. The number of nitrogens with one attached hydrogen (secondary N) is 1. The molecule has 4 aromatic rings. The van der Waals surface area contributed by atoms with Crippen LogP contribution in [0.4, 0.5) is 5.82 Å². The molecule has 0 fully saturated rings. The Bertz CT molecular complexity index is 1250. The molecule has 32 heavy (non-hydrogen) atoms. The van der Waals surface area contributed by atoms with Crippen LogP contribution < -0.4 is 11.1 Å². The first kappa shape index (κ1) is 21.7. The van der Waals surface area contributed by atoms with Crippen molar-refractivity contribution in [3.63, 3.8) is 0 Å². The first-order valence-electron chi connectivity index (χ1n) is 10.9. The molecule has 4 N–H and O–H groups in total. The van der Waals surface area contributed by atoms with Crippen LogP contribution in [0.15, 0.2) is 54.7 Å². The number of benzene rings is 2.